The van der Waals surface area contributed by atoms with Crippen LogP contribution in [0.2, 0.25) is 0 Å². The summed E-state index contributed by atoms with van der Waals surface area (Å²) in [5.74, 6) is 1.89. The van der Waals surface area contributed by atoms with Crippen molar-refractivity contribution in [2.24, 2.45) is 4.99 Å². The van der Waals surface area contributed by atoms with Crippen molar-refractivity contribution in [2.45, 2.75) is 37.9 Å². The zero-order valence-electron chi connectivity index (χ0n) is 16.7. The highest BCUT2D eigenvalue weighted by Gasteiger charge is 2.40. The molecular formula is C23H27N3O3. The van der Waals surface area contributed by atoms with Crippen LogP contribution in [0.3, 0.4) is 0 Å². The number of hydrogen-bond acceptors (Lipinski definition) is 6. The van der Waals surface area contributed by atoms with Crippen molar-refractivity contribution in [3.8, 4) is 17.2 Å². The van der Waals surface area contributed by atoms with E-state index in [-0.39, 0.29) is 18.5 Å². The van der Waals surface area contributed by atoms with Gasteiger partial charge in [0.25, 0.3) is 0 Å². The van der Waals surface area contributed by atoms with E-state index in [4.69, 9.17) is 14.5 Å². The third-order valence-electron chi connectivity index (χ3n) is 6.34. The largest absolute Gasteiger partial charge is 0.508 e. The number of nitrogens with one attached hydrogen (secondary N) is 1. The minimum atomic E-state index is -0.303. The molecule has 1 fully saturated rings. The molecule has 3 aliphatic rings. The number of para-hydroxylation sites is 1. The summed E-state index contributed by atoms with van der Waals surface area (Å²) in [4.78, 5) is 7.71. The van der Waals surface area contributed by atoms with Crippen molar-refractivity contribution in [3.05, 3.63) is 53.6 Å². The van der Waals surface area contributed by atoms with E-state index < -0.39 is 0 Å². The van der Waals surface area contributed by atoms with Gasteiger partial charge in [0.05, 0.1) is 0 Å². The second kappa shape index (κ2) is 7.35. The van der Waals surface area contributed by atoms with Crippen LogP contribution in [-0.4, -0.2) is 47.8 Å². The second-order valence-corrected chi connectivity index (χ2v) is 8.05. The lowest BCUT2D eigenvalue weighted by Crippen LogP contribution is -2.56. The van der Waals surface area contributed by atoms with Crippen LogP contribution in [0.25, 0.3) is 0 Å². The Bertz CT molecular complexity index is 935. The number of ether oxygens (including phenoxy) is 2. The van der Waals surface area contributed by atoms with E-state index in [1.165, 1.54) is 0 Å². The van der Waals surface area contributed by atoms with Gasteiger partial charge in [-0.15, -0.1) is 0 Å². The Morgan fingerprint density at radius 3 is 2.72 bits per heavy atom. The summed E-state index contributed by atoms with van der Waals surface area (Å²) in [6, 6.07) is 13.7. The molecular weight excluding hydrogens is 366 g/mol. The van der Waals surface area contributed by atoms with Gasteiger partial charge in [0.15, 0.2) is 11.5 Å². The third-order valence-corrected chi connectivity index (χ3v) is 6.34. The number of phenols is 1. The van der Waals surface area contributed by atoms with Gasteiger partial charge in [-0.1, -0.05) is 25.1 Å². The molecule has 6 heteroatoms. The molecule has 0 amide bonds. The standard InChI is InChI=1S/C23H27N3O3/c1-2-26-11-9-23(10-12-26)24-18(16-7-8-21-22(13-16)29-15-28-21)14-19(25-23)17-5-3-4-6-20(17)27/h3-8,13,19,25,27H,2,9-12,14-15H2,1H3. The summed E-state index contributed by atoms with van der Waals surface area (Å²) in [5.41, 5.74) is 2.74. The first-order chi connectivity index (χ1) is 14.2. The molecule has 1 atom stereocenters. The van der Waals surface area contributed by atoms with Crippen LogP contribution in [0.15, 0.2) is 47.5 Å². The molecule has 1 spiro atoms. The highest BCUT2D eigenvalue weighted by Crippen LogP contribution is 2.39. The number of piperidine rings is 1. The van der Waals surface area contributed by atoms with Crippen molar-refractivity contribution in [2.75, 3.05) is 26.4 Å². The van der Waals surface area contributed by atoms with E-state index in [0.717, 1.165) is 67.2 Å². The average molecular weight is 393 g/mol. The number of aliphatic imine (C=N–C) groups is 1. The number of phenolic OH excluding ortho intramolecular Hbond substituents is 1. The van der Waals surface area contributed by atoms with Crippen LogP contribution in [0, 0.1) is 0 Å². The van der Waals surface area contributed by atoms with Gasteiger partial charge < -0.3 is 19.5 Å². The molecule has 6 nitrogen and oxygen atoms in total. The fraction of sp³-hybridized carbons (Fsp3) is 0.435. The Hall–Kier alpha value is -2.57. The topological polar surface area (TPSA) is 66.3 Å². The van der Waals surface area contributed by atoms with Crippen LogP contribution >= 0.6 is 0 Å². The van der Waals surface area contributed by atoms with Gasteiger partial charge in [0, 0.05) is 36.8 Å². The van der Waals surface area contributed by atoms with Crippen molar-refractivity contribution < 1.29 is 14.6 Å². The van der Waals surface area contributed by atoms with Crippen LogP contribution in [-0.2, 0) is 0 Å². The first kappa shape index (κ1) is 18.5. The van der Waals surface area contributed by atoms with E-state index >= 15 is 0 Å². The van der Waals surface area contributed by atoms with Gasteiger partial charge >= 0.3 is 0 Å². The minimum absolute atomic E-state index is 0.0160. The van der Waals surface area contributed by atoms with Crippen molar-refractivity contribution in [3.63, 3.8) is 0 Å². The van der Waals surface area contributed by atoms with Gasteiger partial charge in [0.2, 0.25) is 6.79 Å². The fourth-order valence-electron chi connectivity index (χ4n) is 4.63. The van der Waals surface area contributed by atoms with E-state index in [0.29, 0.717) is 5.75 Å². The molecule has 5 rings (SSSR count). The molecule has 2 N–H and O–H groups in total. The summed E-state index contributed by atoms with van der Waals surface area (Å²) < 4.78 is 11.1. The summed E-state index contributed by atoms with van der Waals surface area (Å²) >= 11 is 0. The second-order valence-electron chi connectivity index (χ2n) is 8.05. The van der Waals surface area contributed by atoms with E-state index in [9.17, 15) is 5.11 Å². The maximum atomic E-state index is 10.5. The van der Waals surface area contributed by atoms with Gasteiger partial charge in [-0.3, -0.25) is 10.3 Å². The maximum absolute atomic E-state index is 10.5. The van der Waals surface area contributed by atoms with Crippen LogP contribution in [0.1, 0.15) is 43.4 Å². The molecule has 0 saturated carbocycles. The maximum Gasteiger partial charge on any atom is 0.231 e. The van der Waals surface area contributed by atoms with E-state index in [1.54, 1.807) is 6.07 Å². The van der Waals surface area contributed by atoms with Crippen LogP contribution in [0.4, 0.5) is 0 Å². The Kier molecular flexibility index (Phi) is 4.68. The molecule has 0 aliphatic carbocycles. The van der Waals surface area contributed by atoms with Crippen molar-refractivity contribution in [1.29, 1.82) is 0 Å². The number of rotatable bonds is 3. The predicted octanol–water partition coefficient (Wildman–Crippen LogP) is 3.46. The predicted molar refractivity (Wildman–Crippen MR) is 112 cm³/mol. The molecule has 2 aromatic carbocycles. The number of fused-ring (bicyclic) bond motifs is 1. The quantitative estimate of drug-likeness (QED) is 0.836. The molecule has 0 radical (unpaired) electrons. The molecule has 1 unspecified atom stereocenters. The molecule has 1 saturated heterocycles. The molecule has 0 bridgehead atoms. The number of hydrogen-bond donors (Lipinski definition) is 2. The summed E-state index contributed by atoms with van der Waals surface area (Å²) in [5, 5.41) is 14.3. The summed E-state index contributed by atoms with van der Waals surface area (Å²) in [6.45, 7) is 5.59. The third kappa shape index (κ3) is 3.47. The molecule has 29 heavy (non-hydrogen) atoms. The monoisotopic (exact) mass is 393 g/mol. The van der Waals surface area contributed by atoms with Gasteiger partial charge in [-0.05, 0) is 49.2 Å². The smallest absolute Gasteiger partial charge is 0.231 e. The molecule has 3 aliphatic heterocycles. The first-order valence-corrected chi connectivity index (χ1v) is 10.4. The van der Waals surface area contributed by atoms with Gasteiger partial charge in [0.1, 0.15) is 11.4 Å². The lowest BCUT2D eigenvalue weighted by Gasteiger charge is -2.45. The summed E-state index contributed by atoms with van der Waals surface area (Å²) in [7, 11) is 0. The lowest BCUT2D eigenvalue weighted by molar-refractivity contribution is 0.129. The van der Waals surface area contributed by atoms with E-state index in [1.807, 2.05) is 30.3 Å². The van der Waals surface area contributed by atoms with Crippen molar-refractivity contribution in [1.82, 2.24) is 10.2 Å². The molecule has 2 aromatic rings. The van der Waals surface area contributed by atoms with Crippen LogP contribution in [0.5, 0.6) is 17.2 Å². The average Bonchev–Trinajstić information content (AvgIpc) is 3.22. The zero-order chi connectivity index (χ0) is 19.8. The number of likely N-dealkylation sites (tertiary alicyclic amines) is 1. The van der Waals surface area contributed by atoms with E-state index in [2.05, 4.69) is 23.2 Å². The Labute approximate surface area is 171 Å². The summed E-state index contributed by atoms with van der Waals surface area (Å²) in [6.07, 6.45) is 2.63. The Morgan fingerprint density at radius 1 is 1.14 bits per heavy atom. The van der Waals surface area contributed by atoms with Gasteiger partial charge in [-0.25, -0.2) is 0 Å². The lowest BCUT2D eigenvalue weighted by atomic mass is 9.87. The zero-order valence-corrected chi connectivity index (χ0v) is 16.7. The Balaban J connectivity index is 1.52. The molecule has 3 heterocycles. The number of nitrogens with zero attached hydrogens (tertiary/aromatic N) is 2. The first-order valence-electron chi connectivity index (χ1n) is 10.4. The van der Waals surface area contributed by atoms with Crippen molar-refractivity contribution >= 4 is 5.71 Å². The highest BCUT2D eigenvalue weighted by atomic mass is 16.7. The minimum Gasteiger partial charge on any atom is -0.508 e. The highest BCUT2D eigenvalue weighted by molar-refractivity contribution is 6.02. The Morgan fingerprint density at radius 2 is 1.93 bits per heavy atom. The number of aromatic hydroxyl groups is 1. The fourth-order valence-corrected chi connectivity index (χ4v) is 4.63. The number of benzene rings is 2. The van der Waals surface area contributed by atoms with Gasteiger partial charge in [-0.2, -0.15) is 0 Å². The SMILES string of the molecule is CCN1CCC2(CC1)N=C(c1ccc3c(c1)OCO3)CC(c1ccccc1O)N2. The normalized spacial score (nSPS) is 23.2. The van der Waals surface area contributed by atoms with Crippen LogP contribution < -0.4 is 14.8 Å². The molecule has 152 valence electrons. The molecule has 0 aromatic heterocycles.